The van der Waals surface area contributed by atoms with Crippen molar-refractivity contribution in [1.82, 2.24) is 0 Å². The van der Waals surface area contributed by atoms with Crippen LogP contribution in [0.2, 0.25) is 0 Å². The number of carbonyl (C=O) groups excluding carboxylic acids is 1. The van der Waals surface area contributed by atoms with Crippen molar-refractivity contribution in [2.24, 2.45) is 0 Å². The van der Waals surface area contributed by atoms with Crippen molar-refractivity contribution >= 4 is 17.4 Å². The summed E-state index contributed by atoms with van der Waals surface area (Å²) in [7, 11) is 4.72. The molecule has 0 aliphatic carbocycles. The van der Waals surface area contributed by atoms with Crippen molar-refractivity contribution in [3.05, 3.63) is 17.7 Å². The number of hydrogen-bond acceptors (Lipinski definition) is 4. The molecule has 0 aliphatic rings. The number of methoxy groups -OCH3 is 3. The minimum absolute atomic E-state index is 0.00316. The minimum atomic E-state index is -0.00316. The molecule has 0 radical (unpaired) electrons. The number of benzene rings is 1. The summed E-state index contributed by atoms with van der Waals surface area (Å²) in [6.07, 6.45) is 0.893. The van der Waals surface area contributed by atoms with Crippen LogP contribution in [-0.2, 0) is 11.2 Å². The highest BCUT2D eigenvalue weighted by atomic mass is 35.5. The molecule has 0 atom stereocenters. The molecule has 0 bridgehead atoms. The monoisotopic (exact) mass is 272 g/mol. The summed E-state index contributed by atoms with van der Waals surface area (Å²) < 4.78 is 15.7. The van der Waals surface area contributed by atoms with Gasteiger partial charge in [0.2, 0.25) is 0 Å². The Bertz CT molecular complexity index is 392. The van der Waals surface area contributed by atoms with Crippen LogP contribution < -0.4 is 14.2 Å². The Hall–Kier alpha value is -1.42. The zero-order valence-corrected chi connectivity index (χ0v) is 11.5. The van der Waals surface area contributed by atoms with E-state index in [-0.39, 0.29) is 11.7 Å². The lowest BCUT2D eigenvalue weighted by atomic mass is 10.1. The number of Topliss-reactive ketones (excluding diaryl/α,β-unsaturated/α-hetero) is 1. The topological polar surface area (TPSA) is 44.8 Å². The molecule has 0 aliphatic heterocycles. The summed E-state index contributed by atoms with van der Waals surface area (Å²) in [4.78, 5) is 11.3. The highest BCUT2D eigenvalue weighted by Crippen LogP contribution is 2.34. The molecular weight excluding hydrogens is 256 g/mol. The zero-order valence-electron chi connectivity index (χ0n) is 10.8. The molecule has 0 unspecified atom stereocenters. The first-order valence-electron chi connectivity index (χ1n) is 5.52. The molecule has 1 aromatic rings. The lowest BCUT2D eigenvalue weighted by Gasteiger charge is -2.14. The molecule has 0 aromatic heterocycles. The molecule has 0 heterocycles. The van der Waals surface area contributed by atoms with Crippen molar-refractivity contribution in [1.29, 1.82) is 0 Å². The third-order valence-electron chi connectivity index (χ3n) is 2.62. The van der Waals surface area contributed by atoms with Gasteiger partial charge >= 0.3 is 0 Å². The van der Waals surface area contributed by atoms with Gasteiger partial charge < -0.3 is 14.2 Å². The Balaban J connectivity index is 3.03. The number of halogens is 1. The lowest BCUT2D eigenvalue weighted by molar-refractivity contribution is -0.116. The van der Waals surface area contributed by atoms with Crippen LogP contribution in [-0.4, -0.2) is 33.0 Å². The third kappa shape index (κ3) is 3.53. The minimum Gasteiger partial charge on any atom is -0.496 e. The van der Waals surface area contributed by atoms with E-state index in [1.165, 1.54) is 0 Å². The molecule has 0 spiro atoms. The van der Waals surface area contributed by atoms with Gasteiger partial charge in [-0.1, -0.05) is 0 Å². The quantitative estimate of drug-likeness (QED) is 0.715. The lowest BCUT2D eigenvalue weighted by Crippen LogP contribution is -2.04. The van der Waals surface area contributed by atoms with E-state index in [1.54, 1.807) is 33.5 Å². The molecule has 0 N–H and O–H groups in total. The van der Waals surface area contributed by atoms with Crippen LogP contribution >= 0.6 is 11.6 Å². The van der Waals surface area contributed by atoms with Crippen LogP contribution in [0.4, 0.5) is 0 Å². The Morgan fingerprint density at radius 3 is 2.06 bits per heavy atom. The van der Waals surface area contributed by atoms with Gasteiger partial charge in [-0.2, -0.15) is 0 Å². The van der Waals surface area contributed by atoms with E-state index in [1.807, 2.05) is 0 Å². The molecule has 18 heavy (non-hydrogen) atoms. The first kappa shape index (κ1) is 14.6. The van der Waals surface area contributed by atoms with E-state index in [0.29, 0.717) is 30.1 Å². The van der Waals surface area contributed by atoms with Gasteiger partial charge in [-0.15, -0.1) is 11.6 Å². The first-order valence-corrected chi connectivity index (χ1v) is 6.06. The van der Waals surface area contributed by atoms with Gasteiger partial charge in [0.05, 0.1) is 27.2 Å². The van der Waals surface area contributed by atoms with E-state index < -0.39 is 0 Å². The maximum atomic E-state index is 11.3. The van der Waals surface area contributed by atoms with E-state index in [0.717, 1.165) is 5.56 Å². The molecule has 0 saturated carbocycles. The van der Waals surface area contributed by atoms with Gasteiger partial charge in [-0.25, -0.2) is 0 Å². The molecule has 4 nitrogen and oxygen atoms in total. The van der Waals surface area contributed by atoms with Crippen LogP contribution in [0.15, 0.2) is 12.1 Å². The van der Waals surface area contributed by atoms with Gasteiger partial charge in [0.25, 0.3) is 0 Å². The second-order valence-electron chi connectivity index (χ2n) is 3.68. The third-order valence-corrected chi connectivity index (χ3v) is 2.92. The van der Waals surface area contributed by atoms with Gasteiger partial charge in [0.15, 0.2) is 0 Å². The maximum Gasteiger partial charge on any atom is 0.147 e. The zero-order chi connectivity index (χ0) is 13.5. The fourth-order valence-electron chi connectivity index (χ4n) is 1.66. The summed E-state index contributed by atoms with van der Waals surface area (Å²) in [5.41, 5.74) is 0.847. The summed E-state index contributed by atoms with van der Waals surface area (Å²) >= 11 is 5.48. The number of alkyl halides is 1. The first-order chi connectivity index (χ1) is 8.65. The molecule has 0 fully saturated rings. The number of ketones is 1. The van der Waals surface area contributed by atoms with E-state index in [2.05, 4.69) is 0 Å². The highest BCUT2D eigenvalue weighted by Gasteiger charge is 2.14. The fourth-order valence-corrected chi connectivity index (χ4v) is 1.79. The molecule has 1 rings (SSSR count). The maximum absolute atomic E-state index is 11.3. The summed E-state index contributed by atoms with van der Waals surface area (Å²) in [6, 6.07) is 3.53. The SMILES string of the molecule is COc1cc(OC)c(CCC(=O)CCl)c(OC)c1. The predicted octanol–water partition coefficient (Wildman–Crippen LogP) is 2.45. The van der Waals surface area contributed by atoms with Crippen LogP contribution in [0.25, 0.3) is 0 Å². The highest BCUT2D eigenvalue weighted by molar-refractivity contribution is 6.27. The van der Waals surface area contributed by atoms with Crippen molar-refractivity contribution in [3.8, 4) is 17.2 Å². The van der Waals surface area contributed by atoms with Crippen molar-refractivity contribution in [3.63, 3.8) is 0 Å². The summed E-state index contributed by atoms with van der Waals surface area (Å²) in [6.45, 7) is 0. The largest absolute Gasteiger partial charge is 0.496 e. The van der Waals surface area contributed by atoms with Crippen LogP contribution in [0, 0.1) is 0 Å². The van der Waals surface area contributed by atoms with Crippen LogP contribution in [0.5, 0.6) is 17.2 Å². The van der Waals surface area contributed by atoms with E-state index in [9.17, 15) is 4.79 Å². The number of hydrogen-bond donors (Lipinski definition) is 0. The number of rotatable bonds is 7. The van der Waals surface area contributed by atoms with E-state index in [4.69, 9.17) is 25.8 Å². The van der Waals surface area contributed by atoms with E-state index >= 15 is 0 Å². The normalized spacial score (nSPS) is 10.0. The van der Waals surface area contributed by atoms with Gasteiger partial charge in [-0.05, 0) is 6.42 Å². The Labute approximate surface area is 112 Å². The second kappa shape index (κ2) is 7.11. The number of carbonyl (C=O) groups is 1. The Morgan fingerprint density at radius 1 is 1.11 bits per heavy atom. The fraction of sp³-hybridized carbons (Fsp3) is 0.462. The molecule has 0 amide bonds. The van der Waals surface area contributed by atoms with Crippen LogP contribution in [0.1, 0.15) is 12.0 Å². The average molecular weight is 273 g/mol. The molecular formula is C13H17ClO4. The van der Waals surface area contributed by atoms with Crippen molar-refractivity contribution in [2.45, 2.75) is 12.8 Å². The Morgan fingerprint density at radius 2 is 1.67 bits per heavy atom. The van der Waals surface area contributed by atoms with Crippen molar-refractivity contribution in [2.75, 3.05) is 27.2 Å². The smallest absolute Gasteiger partial charge is 0.147 e. The number of ether oxygens (including phenoxy) is 3. The van der Waals surface area contributed by atoms with Crippen molar-refractivity contribution < 1.29 is 19.0 Å². The predicted molar refractivity (Wildman–Crippen MR) is 70.1 cm³/mol. The van der Waals surface area contributed by atoms with Crippen LogP contribution in [0.3, 0.4) is 0 Å². The summed E-state index contributed by atoms with van der Waals surface area (Å²) in [5, 5.41) is 0. The van der Waals surface area contributed by atoms with Gasteiger partial charge in [0.1, 0.15) is 23.0 Å². The van der Waals surface area contributed by atoms with Gasteiger partial charge in [0, 0.05) is 24.1 Å². The Kier molecular flexibility index (Phi) is 5.78. The standard InChI is InChI=1S/C13H17ClO4/c1-16-10-6-12(17-2)11(13(7-10)18-3)5-4-9(15)8-14/h6-7H,4-5,8H2,1-3H3. The molecule has 5 heteroatoms. The molecule has 1 aromatic carbocycles. The second-order valence-corrected chi connectivity index (χ2v) is 3.95. The average Bonchev–Trinajstić information content (AvgIpc) is 2.43. The summed E-state index contributed by atoms with van der Waals surface area (Å²) in [5.74, 6) is 1.97. The molecule has 0 saturated heterocycles. The van der Waals surface area contributed by atoms with Gasteiger partial charge in [-0.3, -0.25) is 4.79 Å². The molecule has 100 valence electrons.